The van der Waals surface area contributed by atoms with Crippen LogP contribution in [0.1, 0.15) is 31.9 Å². The number of nitrogens with two attached hydrogens (primary N) is 1. The third kappa shape index (κ3) is 2.84. The van der Waals surface area contributed by atoms with Crippen LogP contribution in [0.3, 0.4) is 0 Å². The first-order chi connectivity index (χ1) is 7.63. The van der Waals surface area contributed by atoms with Gasteiger partial charge >= 0.3 is 0 Å². The van der Waals surface area contributed by atoms with Crippen LogP contribution < -0.4 is 5.73 Å². The maximum absolute atomic E-state index is 6.27. The minimum atomic E-state index is 0. The highest BCUT2D eigenvalue weighted by Crippen LogP contribution is 2.30. The number of aromatic nitrogens is 1. The predicted molar refractivity (Wildman–Crippen MR) is 79.6 cm³/mol. The summed E-state index contributed by atoms with van der Waals surface area (Å²) < 4.78 is 1.09. The first-order valence-electron chi connectivity index (χ1n) is 5.65. The second kappa shape index (κ2) is 5.89. The number of H-pyrrole nitrogens is 1. The molecule has 94 valence electrons. The molecule has 1 aromatic heterocycles. The Morgan fingerprint density at radius 3 is 2.76 bits per heavy atom. The maximum Gasteiger partial charge on any atom is 0.0458 e. The smallest absolute Gasteiger partial charge is 0.0458 e. The lowest BCUT2D eigenvalue weighted by Gasteiger charge is -2.17. The summed E-state index contributed by atoms with van der Waals surface area (Å²) in [4.78, 5) is 3.27. The van der Waals surface area contributed by atoms with E-state index in [-0.39, 0.29) is 18.4 Å². The average Bonchev–Trinajstić information content (AvgIpc) is 2.69. The summed E-state index contributed by atoms with van der Waals surface area (Å²) in [5, 5.41) is 1.22. The van der Waals surface area contributed by atoms with Crippen molar-refractivity contribution in [3.8, 4) is 0 Å². The molecule has 0 fully saturated rings. The molecule has 0 bridgehead atoms. The van der Waals surface area contributed by atoms with E-state index in [2.05, 4.69) is 46.9 Å². The van der Waals surface area contributed by atoms with Gasteiger partial charge in [0.25, 0.3) is 0 Å². The van der Waals surface area contributed by atoms with Gasteiger partial charge in [-0.2, -0.15) is 0 Å². The molecule has 0 aliphatic carbocycles. The second-order valence-electron chi connectivity index (χ2n) is 4.35. The molecule has 1 unspecified atom stereocenters. The number of rotatable bonds is 3. The standard InChI is InChI=1S/C13H17BrN2.ClH/c1-3-8(2)13(15)11-7-16-12-5-4-9(14)6-10(11)12;/h4-8,13,16H,3,15H2,1-2H3;1H/t8?,13-;/m0./s1. The molecule has 4 heteroatoms. The van der Waals surface area contributed by atoms with Gasteiger partial charge in [-0.15, -0.1) is 12.4 Å². The summed E-state index contributed by atoms with van der Waals surface area (Å²) in [5.74, 6) is 0.498. The molecule has 2 nitrogen and oxygen atoms in total. The van der Waals surface area contributed by atoms with Crippen molar-refractivity contribution in [3.63, 3.8) is 0 Å². The molecule has 3 N–H and O–H groups in total. The molecular formula is C13H18BrClN2. The third-order valence-corrected chi connectivity index (χ3v) is 3.79. The molecule has 2 atom stereocenters. The quantitative estimate of drug-likeness (QED) is 0.865. The van der Waals surface area contributed by atoms with E-state index in [0.29, 0.717) is 5.92 Å². The second-order valence-corrected chi connectivity index (χ2v) is 5.26. The van der Waals surface area contributed by atoms with Crippen LogP contribution in [-0.4, -0.2) is 4.98 Å². The number of halogens is 2. The van der Waals surface area contributed by atoms with Crippen molar-refractivity contribution in [2.45, 2.75) is 26.3 Å². The Labute approximate surface area is 117 Å². The van der Waals surface area contributed by atoms with Crippen molar-refractivity contribution >= 4 is 39.2 Å². The van der Waals surface area contributed by atoms with Gasteiger partial charge in [-0.1, -0.05) is 36.2 Å². The summed E-state index contributed by atoms with van der Waals surface area (Å²) in [6.45, 7) is 4.37. The number of hydrogen-bond donors (Lipinski definition) is 2. The minimum absolute atomic E-state index is 0. The Bertz CT molecular complexity index is 495. The Kier molecular flexibility index (Phi) is 5.04. The number of nitrogens with one attached hydrogen (secondary N) is 1. The van der Waals surface area contributed by atoms with Gasteiger partial charge in [0.2, 0.25) is 0 Å². The van der Waals surface area contributed by atoms with Gasteiger partial charge in [0.1, 0.15) is 0 Å². The summed E-state index contributed by atoms with van der Waals surface area (Å²) in [5.41, 5.74) is 8.64. The van der Waals surface area contributed by atoms with Crippen LogP contribution >= 0.6 is 28.3 Å². The number of benzene rings is 1. The Balaban J connectivity index is 0.00000144. The van der Waals surface area contributed by atoms with E-state index in [4.69, 9.17) is 5.73 Å². The summed E-state index contributed by atoms with van der Waals surface area (Å²) in [6, 6.07) is 6.35. The van der Waals surface area contributed by atoms with Crippen molar-refractivity contribution in [2.75, 3.05) is 0 Å². The normalized spacial score (nSPS) is 14.4. The van der Waals surface area contributed by atoms with Crippen molar-refractivity contribution in [2.24, 2.45) is 11.7 Å². The van der Waals surface area contributed by atoms with Gasteiger partial charge in [0, 0.05) is 27.6 Å². The highest BCUT2D eigenvalue weighted by atomic mass is 79.9. The van der Waals surface area contributed by atoms with Crippen LogP contribution in [0.15, 0.2) is 28.9 Å². The molecule has 0 saturated carbocycles. The van der Waals surface area contributed by atoms with E-state index in [1.54, 1.807) is 0 Å². The Morgan fingerprint density at radius 2 is 2.12 bits per heavy atom. The van der Waals surface area contributed by atoms with Gasteiger partial charge in [-0.25, -0.2) is 0 Å². The molecule has 0 radical (unpaired) electrons. The zero-order chi connectivity index (χ0) is 11.7. The third-order valence-electron chi connectivity index (χ3n) is 3.29. The monoisotopic (exact) mass is 316 g/mol. The van der Waals surface area contributed by atoms with Gasteiger partial charge in [-0.3, -0.25) is 0 Å². The Morgan fingerprint density at radius 1 is 1.41 bits per heavy atom. The zero-order valence-corrected chi connectivity index (χ0v) is 12.4. The largest absolute Gasteiger partial charge is 0.361 e. The van der Waals surface area contributed by atoms with Crippen LogP contribution in [0.5, 0.6) is 0 Å². The molecule has 0 saturated heterocycles. The van der Waals surface area contributed by atoms with E-state index < -0.39 is 0 Å². The first-order valence-corrected chi connectivity index (χ1v) is 6.45. The average molecular weight is 318 g/mol. The van der Waals surface area contributed by atoms with Crippen molar-refractivity contribution < 1.29 is 0 Å². The number of aromatic amines is 1. The van der Waals surface area contributed by atoms with Gasteiger partial charge in [0.05, 0.1) is 0 Å². The molecule has 0 aliphatic rings. The van der Waals surface area contributed by atoms with E-state index in [1.165, 1.54) is 10.9 Å². The SMILES string of the molecule is CCC(C)[C@H](N)c1c[nH]c2ccc(Br)cc12.Cl. The highest BCUT2D eigenvalue weighted by Gasteiger charge is 2.16. The number of hydrogen-bond acceptors (Lipinski definition) is 1. The van der Waals surface area contributed by atoms with E-state index >= 15 is 0 Å². The summed E-state index contributed by atoms with van der Waals surface area (Å²) in [7, 11) is 0. The highest BCUT2D eigenvalue weighted by molar-refractivity contribution is 9.10. The van der Waals surface area contributed by atoms with Gasteiger partial charge < -0.3 is 10.7 Å². The lowest BCUT2D eigenvalue weighted by atomic mass is 9.93. The van der Waals surface area contributed by atoms with Crippen LogP contribution in [-0.2, 0) is 0 Å². The number of fused-ring (bicyclic) bond motifs is 1. The molecule has 0 amide bonds. The topological polar surface area (TPSA) is 41.8 Å². The molecule has 1 aromatic carbocycles. The van der Waals surface area contributed by atoms with Crippen molar-refractivity contribution in [3.05, 3.63) is 34.4 Å². The zero-order valence-electron chi connectivity index (χ0n) is 10.0. The lowest BCUT2D eigenvalue weighted by Crippen LogP contribution is -2.18. The van der Waals surface area contributed by atoms with E-state index in [0.717, 1.165) is 16.4 Å². The van der Waals surface area contributed by atoms with Crippen LogP contribution in [0.2, 0.25) is 0 Å². The molecule has 2 rings (SSSR count). The van der Waals surface area contributed by atoms with Gasteiger partial charge in [-0.05, 0) is 29.7 Å². The summed E-state index contributed by atoms with van der Waals surface area (Å²) >= 11 is 3.50. The fraction of sp³-hybridized carbons (Fsp3) is 0.385. The molecular weight excluding hydrogens is 300 g/mol. The molecule has 0 spiro atoms. The summed E-state index contributed by atoms with van der Waals surface area (Å²) in [6.07, 6.45) is 3.13. The van der Waals surface area contributed by atoms with Crippen LogP contribution in [0, 0.1) is 5.92 Å². The fourth-order valence-corrected chi connectivity index (χ4v) is 2.31. The van der Waals surface area contributed by atoms with Crippen molar-refractivity contribution in [1.82, 2.24) is 4.98 Å². The molecule has 0 aliphatic heterocycles. The van der Waals surface area contributed by atoms with Crippen molar-refractivity contribution in [1.29, 1.82) is 0 Å². The predicted octanol–water partition coefficient (Wildman–Crippen LogP) is 4.40. The molecule has 17 heavy (non-hydrogen) atoms. The Hall–Kier alpha value is -0.510. The fourth-order valence-electron chi connectivity index (χ4n) is 1.95. The van der Waals surface area contributed by atoms with Crippen LogP contribution in [0.25, 0.3) is 10.9 Å². The maximum atomic E-state index is 6.27. The first kappa shape index (κ1) is 14.6. The lowest BCUT2D eigenvalue weighted by molar-refractivity contribution is 0.459. The van der Waals surface area contributed by atoms with E-state index in [9.17, 15) is 0 Å². The van der Waals surface area contributed by atoms with Gasteiger partial charge in [0.15, 0.2) is 0 Å². The molecule has 2 aromatic rings. The minimum Gasteiger partial charge on any atom is -0.361 e. The molecule has 1 heterocycles. The van der Waals surface area contributed by atoms with E-state index in [1.807, 2.05) is 12.3 Å². The van der Waals surface area contributed by atoms with Crippen LogP contribution in [0.4, 0.5) is 0 Å².